The summed E-state index contributed by atoms with van der Waals surface area (Å²) in [7, 11) is 0. The smallest absolute Gasteiger partial charge is 0.416 e. The van der Waals surface area contributed by atoms with Crippen molar-refractivity contribution in [3.63, 3.8) is 0 Å². The third-order valence-corrected chi connectivity index (χ3v) is 6.85. The number of nitrogens with one attached hydrogen (secondary N) is 1. The summed E-state index contributed by atoms with van der Waals surface area (Å²) < 4.78 is 41.3. The molecule has 1 amide bonds. The predicted octanol–water partition coefficient (Wildman–Crippen LogP) is 7.82. The molecule has 0 fully saturated rings. The summed E-state index contributed by atoms with van der Waals surface area (Å²) in [5.41, 5.74) is 2.88. The molecule has 204 valence electrons. The van der Waals surface area contributed by atoms with Gasteiger partial charge in [-0.3, -0.25) is 9.59 Å². The molecule has 0 spiro atoms. The molecule has 3 aromatic carbocycles. The number of carbonyl (C=O) groups is 2. The highest BCUT2D eigenvalue weighted by Gasteiger charge is 2.31. The van der Waals surface area contributed by atoms with E-state index in [0.717, 1.165) is 40.6 Å². The van der Waals surface area contributed by atoms with Gasteiger partial charge < -0.3 is 15.0 Å². The maximum atomic E-state index is 13.1. The Hall–Kier alpha value is -3.78. The molecule has 1 heterocycles. The lowest BCUT2D eigenvalue weighted by Crippen LogP contribution is -2.26. The minimum Gasteiger partial charge on any atom is -0.481 e. The van der Waals surface area contributed by atoms with Gasteiger partial charge in [-0.1, -0.05) is 49.7 Å². The van der Waals surface area contributed by atoms with E-state index in [9.17, 15) is 22.8 Å². The largest absolute Gasteiger partial charge is 0.481 e. The van der Waals surface area contributed by atoms with Crippen molar-refractivity contribution in [2.45, 2.75) is 38.9 Å². The molecule has 0 aliphatic heterocycles. The van der Waals surface area contributed by atoms with Crippen LogP contribution in [0, 0.1) is 5.92 Å². The first kappa shape index (κ1) is 28.2. The number of carbonyl (C=O) groups excluding carboxylic acids is 1. The number of benzene rings is 3. The van der Waals surface area contributed by atoms with Crippen molar-refractivity contribution in [1.82, 2.24) is 9.88 Å². The molecule has 1 aromatic heterocycles. The van der Waals surface area contributed by atoms with Gasteiger partial charge >= 0.3 is 12.1 Å². The van der Waals surface area contributed by atoms with Crippen molar-refractivity contribution in [3.05, 3.63) is 94.6 Å². The van der Waals surface area contributed by atoms with E-state index in [1.54, 1.807) is 12.1 Å². The van der Waals surface area contributed by atoms with Crippen LogP contribution in [0.25, 0.3) is 22.0 Å². The lowest BCUT2D eigenvalue weighted by atomic mass is 9.95. The van der Waals surface area contributed by atoms with E-state index >= 15 is 0 Å². The Labute approximate surface area is 229 Å². The van der Waals surface area contributed by atoms with Crippen molar-refractivity contribution in [3.8, 4) is 11.1 Å². The fourth-order valence-corrected chi connectivity index (χ4v) is 4.92. The van der Waals surface area contributed by atoms with Crippen molar-refractivity contribution < 1.29 is 27.9 Å². The van der Waals surface area contributed by atoms with Crippen molar-refractivity contribution in [2.75, 3.05) is 6.54 Å². The van der Waals surface area contributed by atoms with E-state index < -0.39 is 17.7 Å². The highest BCUT2D eigenvalue weighted by Crippen LogP contribution is 2.37. The van der Waals surface area contributed by atoms with Crippen LogP contribution in [0.2, 0.25) is 5.02 Å². The lowest BCUT2D eigenvalue weighted by Gasteiger charge is -2.23. The Morgan fingerprint density at radius 1 is 1.00 bits per heavy atom. The number of carboxylic acids is 1. The quantitative estimate of drug-likeness (QED) is 0.221. The fourth-order valence-electron chi connectivity index (χ4n) is 4.63. The van der Waals surface area contributed by atoms with Crippen LogP contribution in [0.1, 0.15) is 54.2 Å². The average Bonchev–Trinajstić information content (AvgIpc) is 3.29. The van der Waals surface area contributed by atoms with Crippen LogP contribution < -0.4 is 5.32 Å². The Morgan fingerprint density at radius 3 is 2.33 bits per heavy atom. The van der Waals surface area contributed by atoms with Gasteiger partial charge in [-0.25, -0.2) is 0 Å². The minimum atomic E-state index is -4.46. The molecular weight excluding hydrogens is 529 g/mol. The molecule has 4 aromatic rings. The van der Waals surface area contributed by atoms with E-state index in [1.165, 1.54) is 6.07 Å². The van der Waals surface area contributed by atoms with Gasteiger partial charge in [0, 0.05) is 39.8 Å². The van der Waals surface area contributed by atoms with Gasteiger partial charge in [0.05, 0.1) is 18.0 Å². The van der Waals surface area contributed by atoms with Crippen LogP contribution in [0.15, 0.2) is 72.9 Å². The SMILES string of the molecule is CC(C)C[C@@H](c1ccc(C(=O)NCCC(=O)O)cc1)n1ccc2cc(-c3ccc(C(F)(F)F)cc3Cl)ccc21. The highest BCUT2D eigenvalue weighted by molar-refractivity contribution is 6.33. The Kier molecular flexibility index (Phi) is 8.35. The van der Waals surface area contributed by atoms with Gasteiger partial charge in [0.25, 0.3) is 5.91 Å². The Morgan fingerprint density at radius 2 is 1.72 bits per heavy atom. The zero-order valence-electron chi connectivity index (χ0n) is 21.4. The fraction of sp³-hybridized carbons (Fsp3) is 0.267. The molecule has 9 heteroatoms. The summed E-state index contributed by atoms with van der Waals surface area (Å²) >= 11 is 6.23. The molecule has 0 aliphatic rings. The first-order chi connectivity index (χ1) is 18.4. The first-order valence-electron chi connectivity index (χ1n) is 12.5. The Bertz CT molecular complexity index is 1490. The van der Waals surface area contributed by atoms with Gasteiger partial charge in [0.15, 0.2) is 0 Å². The van der Waals surface area contributed by atoms with E-state index in [4.69, 9.17) is 16.7 Å². The summed E-state index contributed by atoms with van der Waals surface area (Å²) in [6.45, 7) is 4.32. The first-order valence-corrected chi connectivity index (χ1v) is 12.9. The number of amides is 1. The van der Waals surface area contributed by atoms with Crippen LogP contribution in [0.5, 0.6) is 0 Å². The van der Waals surface area contributed by atoms with Crippen LogP contribution >= 0.6 is 11.6 Å². The number of alkyl halides is 3. The molecule has 0 saturated heterocycles. The maximum Gasteiger partial charge on any atom is 0.416 e. The standard InChI is InChI=1S/C30H28ClF3N2O3/c1-18(2)15-27(19-3-5-20(6-4-19)29(39)35-13-11-28(37)38)36-14-12-22-16-21(7-10-26(22)36)24-9-8-23(17-25(24)31)30(32,33)34/h3-10,12,14,16-18,27H,11,13,15H2,1-2H3,(H,35,39)(H,37,38)/t27-/m0/s1. The molecule has 0 bridgehead atoms. The number of hydrogen-bond acceptors (Lipinski definition) is 2. The summed E-state index contributed by atoms with van der Waals surface area (Å²) in [6, 6.07) is 18.3. The number of halogens is 4. The number of rotatable bonds is 9. The number of aliphatic carboxylic acids is 1. The monoisotopic (exact) mass is 556 g/mol. The summed E-state index contributed by atoms with van der Waals surface area (Å²) in [5, 5.41) is 12.3. The van der Waals surface area contributed by atoms with Gasteiger partial charge in [-0.2, -0.15) is 13.2 Å². The topological polar surface area (TPSA) is 71.3 Å². The molecule has 0 radical (unpaired) electrons. The Balaban J connectivity index is 1.62. The minimum absolute atomic E-state index is 0.0212. The van der Waals surface area contributed by atoms with E-state index in [2.05, 4.69) is 23.7 Å². The van der Waals surface area contributed by atoms with E-state index in [-0.39, 0.29) is 29.9 Å². The number of aromatic nitrogens is 1. The normalized spacial score (nSPS) is 12.6. The summed E-state index contributed by atoms with van der Waals surface area (Å²) in [6.07, 6.45) is -1.78. The molecule has 0 aliphatic carbocycles. The van der Waals surface area contributed by atoms with Gasteiger partial charge in [-0.15, -0.1) is 0 Å². The van der Waals surface area contributed by atoms with E-state index in [1.807, 2.05) is 42.6 Å². The third kappa shape index (κ3) is 6.63. The third-order valence-electron chi connectivity index (χ3n) is 6.54. The number of carboxylic acid groups (broad SMARTS) is 1. The predicted molar refractivity (Wildman–Crippen MR) is 146 cm³/mol. The van der Waals surface area contributed by atoms with Crippen LogP contribution in [0.3, 0.4) is 0 Å². The van der Waals surface area contributed by atoms with E-state index in [0.29, 0.717) is 17.0 Å². The molecule has 39 heavy (non-hydrogen) atoms. The maximum absolute atomic E-state index is 13.1. The van der Waals surface area contributed by atoms with Gasteiger partial charge in [0.2, 0.25) is 0 Å². The molecule has 0 saturated carbocycles. The summed E-state index contributed by atoms with van der Waals surface area (Å²) in [5.74, 6) is -0.934. The summed E-state index contributed by atoms with van der Waals surface area (Å²) in [4.78, 5) is 23.0. The zero-order chi connectivity index (χ0) is 28.3. The molecule has 2 N–H and O–H groups in total. The number of nitrogens with zero attached hydrogens (tertiary/aromatic N) is 1. The zero-order valence-corrected chi connectivity index (χ0v) is 22.2. The van der Waals surface area contributed by atoms with Crippen LogP contribution in [-0.4, -0.2) is 28.1 Å². The molecule has 1 atom stereocenters. The van der Waals surface area contributed by atoms with Gasteiger partial charge in [0.1, 0.15) is 0 Å². The average molecular weight is 557 g/mol. The van der Waals surface area contributed by atoms with Crippen molar-refractivity contribution in [1.29, 1.82) is 0 Å². The van der Waals surface area contributed by atoms with Crippen molar-refractivity contribution in [2.24, 2.45) is 5.92 Å². The number of fused-ring (bicyclic) bond motifs is 1. The van der Waals surface area contributed by atoms with Crippen LogP contribution in [-0.2, 0) is 11.0 Å². The molecular formula is C30H28ClF3N2O3. The second kappa shape index (κ2) is 11.5. The second-order valence-electron chi connectivity index (χ2n) is 9.86. The molecule has 4 rings (SSSR count). The lowest BCUT2D eigenvalue weighted by molar-refractivity contribution is -0.138. The van der Waals surface area contributed by atoms with Crippen LogP contribution in [0.4, 0.5) is 13.2 Å². The second-order valence-corrected chi connectivity index (χ2v) is 10.3. The molecule has 5 nitrogen and oxygen atoms in total. The highest BCUT2D eigenvalue weighted by atomic mass is 35.5. The number of hydrogen-bond donors (Lipinski definition) is 2. The van der Waals surface area contributed by atoms with Gasteiger partial charge in [-0.05, 0) is 65.9 Å². The van der Waals surface area contributed by atoms with Crippen molar-refractivity contribution >= 4 is 34.4 Å². The molecule has 0 unspecified atom stereocenters.